The maximum atomic E-state index is 14.3. The number of fused-ring (bicyclic) bond motifs is 1. The molecule has 1 aromatic heterocycles. The number of rotatable bonds is 7. The van der Waals surface area contributed by atoms with E-state index in [0.29, 0.717) is 40.3 Å². The summed E-state index contributed by atoms with van der Waals surface area (Å²) in [7, 11) is 0. The zero-order chi connectivity index (χ0) is 20.8. The predicted molar refractivity (Wildman–Crippen MR) is 109 cm³/mol. The molecular weight excluding hydrogens is 397 g/mol. The van der Waals surface area contributed by atoms with Crippen LogP contribution in [0.5, 0.6) is 0 Å². The lowest BCUT2D eigenvalue weighted by Gasteiger charge is -2.05. The molecule has 150 valence electrons. The Kier molecular flexibility index (Phi) is 6.63. The Bertz CT molecular complexity index is 1150. The van der Waals surface area contributed by atoms with Crippen molar-refractivity contribution in [3.8, 4) is 0 Å². The number of nitrogens with zero attached hydrogens (tertiary/aromatic N) is 3. The average molecular weight is 415 g/mol. The topological polar surface area (TPSA) is 86.7 Å². The van der Waals surface area contributed by atoms with E-state index in [1.807, 2.05) is 6.92 Å². The first-order valence-electron chi connectivity index (χ1n) is 8.86. The van der Waals surface area contributed by atoms with Gasteiger partial charge < -0.3 is 9.30 Å². The molecular formula is C20H18FN3O4S. The third kappa shape index (κ3) is 5.01. The van der Waals surface area contributed by atoms with Crippen molar-refractivity contribution in [2.45, 2.75) is 13.5 Å². The largest absolute Gasteiger partial charge is 0.380 e. The van der Waals surface area contributed by atoms with E-state index < -0.39 is 16.6 Å². The second-order valence-corrected chi connectivity index (χ2v) is 6.96. The summed E-state index contributed by atoms with van der Waals surface area (Å²) in [4.78, 5) is 27.1. The van der Waals surface area contributed by atoms with Crippen LogP contribution in [0.4, 0.5) is 10.1 Å². The van der Waals surface area contributed by atoms with Crippen LogP contribution in [0.15, 0.2) is 53.5 Å². The van der Waals surface area contributed by atoms with Crippen molar-refractivity contribution in [1.82, 2.24) is 4.57 Å². The Labute approximate surface area is 169 Å². The van der Waals surface area contributed by atoms with Crippen LogP contribution in [0.1, 0.15) is 12.5 Å². The van der Waals surface area contributed by atoms with Crippen LogP contribution in [0.25, 0.3) is 16.3 Å². The van der Waals surface area contributed by atoms with Gasteiger partial charge in [0.25, 0.3) is 11.6 Å². The van der Waals surface area contributed by atoms with E-state index in [1.54, 1.807) is 22.8 Å². The number of non-ortho nitro benzene ring substituents is 1. The molecule has 0 N–H and O–H groups in total. The van der Waals surface area contributed by atoms with E-state index in [4.69, 9.17) is 4.74 Å². The zero-order valence-corrected chi connectivity index (χ0v) is 16.4. The number of hydrogen-bond acceptors (Lipinski definition) is 5. The van der Waals surface area contributed by atoms with Crippen LogP contribution < -0.4 is 4.80 Å². The monoisotopic (exact) mass is 415 g/mol. The first-order valence-corrected chi connectivity index (χ1v) is 9.68. The third-order valence-corrected chi connectivity index (χ3v) is 5.06. The van der Waals surface area contributed by atoms with Crippen LogP contribution in [-0.2, 0) is 16.1 Å². The molecule has 29 heavy (non-hydrogen) atoms. The highest BCUT2D eigenvalue weighted by Gasteiger charge is 2.11. The number of benzene rings is 2. The van der Waals surface area contributed by atoms with Crippen molar-refractivity contribution in [3.05, 3.63) is 74.8 Å². The average Bonchev–Trinajstić information content (AvgIpc) is 3.05. The number of nitro groups is 1. The number of thiazole rings is 1. The third-order valence-electron chi connectivity index (χ3n) is 4.02. The molecule has 0 aliphatic heterocycles. The van der Waals surface area contributed by atoms with E-state index in [2.05, 4.69) is 4.99 Å². The summed E-state index contributed by atoms with van der Waals surface area (Å²) in [5.41, 5.74) is 0.825. The Morgan fingerprint density at radius 2 is 2.14 bits per heavy atom. The fraction of sp³-hybridized carbons (Fsp3) is 0.200. The van der Waals surface area contributed by atoms with Crippen molar-refractivity contribution < 1.29 is 18.8 Å². The van der Waals surface area contributed by atoms with E-state index in [-0.39, 0.29) is 5.69 Å². The molecule has 0 aliphatic carbocycles. The summed E-state index contributed by atoms with van der Waals surface area (Å²) in [6, 6.07) is 10.7. The van der Waals surface area contributed by atoms with Gasteiger partial charge in [-0.2, -0.15) is 4.99 Å². The smallest absolute Gasteiger partial charge is 0.272 e. The lowest BCUT2D eigenvalue weighted by molar-refractivity contribution is -0.384. The highest BCUT2D eigenvalue weighted by atomic mass is 32.1. The number of amides is 1. The first-order chi connectivity index (χ1) is 14.0. The summed E-state index contributed by atoms with van der Waals surface area (Å²) in [5.74, 6) is -0.940. The van der Waals surface area contributed by atoms with E-state index in [0.717, 1.165) is 0 Å². The molecule has 0 spiro atoms. The number of hydrogen-bond donors (Lipinski definition) is 0. The fourth-order valence-corrected chi connectivity index (χ4v) is 3.80. The lowest BCUT2D eigenvalue weighted by Crippen LogP contribution is -2.19. The standard InChI is InChI=1S/C20H18FN3O4S/c1-2-28-12-11-23-19-16(21)7-4-8-17(19)29-20(23)22-18(25)10-9-14-5-3-6-15(13-14)24(26)27/h3-10,13H,2,11-12H2,1H3/b10-9+,22-20?. The molecule has 0 saturated carbocycles. The SMILES string of the molecule is CCOCCn1c(=NC(=O)/C=C/c2cccc([N+](=O)[O-])c2)sc2cccc(F)c21. The van der Waals surface area contributed by atoms with Gasteiger partial charge in [-0.25, -0.2) is 4.39 Å². The minimum Gasteiger partial charge on any atom is -0.380 e. The molecule has 0 radical (unpaired) electrons. The lowest BCUT2D eigenvalue weighted by atomic mass is 10.2. The summed E-state index contributed by atoms with van der Waals surface area (Å²) >= 11 is 1.21. The summed E-state index contributed by atoms with van der Waals surface area (Å²) < 4.78 is 22.0. The van der Waals surface area contributed by atoms with E-state index >= 15 is 0 Å². The predicted octanol–water partition coefficient (Wildman–Crippen LogP) is 3.93. The zero-order valence-electron chi connectivity index (χ0n) is 15.6. The highest BCUT2D eigenvalue weighted by Crippen LogP contribution is 2.20. The minimum atomic E-state index is -0.548. The van der Waals surface area contributed by atoms with Crippen LogP contribution in [0.3, 0.4) is 0 Å². The van der Waals surface area contributed by atoms with Crippen molar-refractivity contribution in [1.29, 1.82) is 0 Å². The summed E-state index contributed by atoms with van der Waals surface area (Å²) in [5, 5.41) is 10.8. The Morgan fingerprint density at radius 3 is 2.90 bits per heavy atom. The second-order valence-electron chi connectivity index (χ2n) is 5.96. The minimum absolute atomic E-state index is 0.0646. The maximum absolute atomic E-state index is 14.3. The van der Waals surface area contributed by atoms with Gasteiger partial charge in [-0.3, -0.25) is 14.9 Å². The molecule has 2 aromatic carbocycles. The number of nitro benzene ring substituents is 1. The van der Waals surface area contributed by atoms with Gasteiger partial charge in [-0.15, -0.1) is 0 Å². The summed E-state index contributed by atoms with van der Waals surface area (Å²) in [6.07, 6.45) is 2.68. The molecule has 0 saturated heterocycles. The van der Waals surface area contributed by atoms with Gasteiger partial charge >= 0.3 is 0 Å². The molecule has 3 rings (SSSR count). The second kappa shape index (κ2) is 9.35. The van der Waals surface area contributed by atoms with Crippen LogP contribution in [-0.4, -0.2) is 28.6 Å². The van der Waals surface area contributed by atoms with Gasteiger partial charge in [0, 0.05) is 31.4 Å². The quantitative estimate of drug-likeness (QED) is 0.253. The molecule has 9 heteroatoms. The number of para-hydroxylation sites is 1. The van der Waals surface area contributed by atoms with E-state index in [1.165, 1.54) is 47.8 Å². The van der Waals surface area contributed by atoms with E-state index in [9.17, 15) is 19.3 Å². The molecule has 0 bridgehead atoms. The highest BCUT2D eigenvalue weighted by molar-refractivity contribution is 7.16. The van der Waals surface area contributed by atoms with Gasteiger partial charge in [0.15, 0.2) is 4.80 Å². The van der Waals surface area contributed by atoms with Gasteiger partial charge in [0.05, 0.1) is 21.7 Å². The van der Waals surface area contributed by atoms with Crippen LogP contribution in [0.2, 0.25) is 0 Å². The number of halogens is 1. The molecule has 0 unspecified atom stereocenters. The Morgan fingerprint density at radius 1 is 1.34 bits per heavy atom. The number of ether oxygens (including phenoxy) is 1. The summed E-state index contributed by atoms with van der Waals surface area (Å²) in [6.45, 7) is 3.12. The molecule has 1 heterocycles. The Hall–Kier alpha value is -3.17. The molecule has 0 aliphatic rings. The Balaban J connectivity index is 1.93. The molecule has 1 amide bonds. The van der Waals surface area contributed by atoms with Gasteiger partial charge in [-0.05, 0) is 30.7 Å². The number of carbonyl (C=O) groups excluding carboxylic acids is 1. The first kappa shape index (κ1) is 20.6. The number of carbonyl (C=O) groups is 1. The molecule has 3 aromatic rings. The van der Waals surface area contributed by atoms with Crippen molar-refractivity contribution in [2.24, 2.45) is 4.99 Å². The van der Waals surface area contributed by atoms with Gasteiger partial charge in [0.2, 0.25) is 0 Å². The maximum Gasteiger partial charge on any atom is 0.272 e. The van der Waals surface area contributed by atoms with Crippen LogP contribution >= 0.6 is 11.3 Å². The van der Waals surface area contributed by atoms with Gasteiger partial charge in [0.1, 0.15) is 5.82 Å². The van der Waals surface area contributed by atoms with Crippen molar-refractivity contribution >= 4 is 39.2 Å². The van der Waals surface area contributed by atoms with Gasteiger partial charge in [-0.1, -0.05) is 29.5 Å². The molecule has 0 atom stereocenters. The van der Waals surface area contributed by atoms with Crippen LogP contribution in [0, 0.1) is 15.9 Å². The van der Waals surface area contributed by atoms with Crippen molar-refractivity contribution in [3.63, 3.8) is 0 Å². The normalized spacial score (nSPS) is 12.1. The molecule has 0 fully saturated rings. The molecule has 7 nitrogen and oxygen atoms in total. The number of aromatic nitrogens is 1. The fourth-order valence-electron chi connectivity index (χ4n) is 2.72. The van der Waals surface area contributed by atoms with Crippen molar-refractivity contribution in [2.75, 3.05) is 13.2 Å².